The summed E-state index contributed by atoms with van der Waals surface area (Å²) in [5, 5.41) is 2.76. The van der Waals surface area contributed by atoms with Gasteiger partial charge in [0.1, 0.15) is 24.6 Å². The minimum atomic E-state index is -0.767. The van der Waals surface area contributed by atoms with Crippen LogP contribution in [-0.4, -0.2) is 55.7 Å². The highest BCUT2D eigenvalue weighted by Gasteiger charge is 2.37. The lowest BCUT2D eigenvalue weighted by molar-refractivity contribution is -0.134. The fraction of sp³-hybridized carbons (Fsp3) is 0.185. The second-order valence-corrected chi connectivity index (χ2v) is 8.09. The molecule has 0 unspecified atom stereocenters. The van der Waals surface area contributed by atoms with Crippen molar-refractivity contribution in [3.63, 3.8) is 0 Å². The fourth-order valence-corrected chi connectivity index (χ4v) is 3.94. The van der Waals surface area contributed by atoms with Gasteiger partial charge in [0, 0.05) is 12.6 Å². The predicted molar refractivity (Wildman–Crippen MR) is 133 cm³/mol. The Morgan fingerprint density at radius 1 is 0.917 bits per heavy atom. The van der Waals surface area contributed by atoms with Crippen LogP contribution in [0.2, 0.25) is 0 Å². The third-order valence-corrected chi connectivity index (χ3v) is 5.76. The number of anilines is 2. The van der Waals surface area contributed by atoms with E-state index in [0.717, 1.165) is 10.5 Å². The molecule has 1 aliphatic heterocycles. The van der Waals surface area contributed by atoms with E-state index in [1.807, 2.05) is 30.3 Å². The third kappa shape index (κ3) is 5.20. The van der Waals surface area contributed by atoms with E-state index >= 15 is 0 Å². The Morgan fingerprint density at radius 3 is 2.36 bits per heavy atom. The third-order valence-electron chi connectivity index (χ3n) is 5.76. The van der Waals surface area contributed by atoms with Crippen LogP contribution in [0.25, 0.3) is 0 Å². The van der Waals surface area contributed by atoms with Gasteiger partial charge >= 0.3 is 0 Å². The van der Waals surface area contributed by atoms with Gasteiger partial charge in [0.05, 0.1) is 31.2 Å². The largest absolute Gasteiger partial charge is 0.497 e. The van der Waals surface area contributed by atoms with Crippen LogP contribution in [0.3, 0.4) is 0 Å². The van der Waals surface area contributed by atoms with Crippen LogP contribution < -0.4 is 19.7 Å². The Morgan fingerprint density at radius 2 is 1.64 bits per heavy atom. The summed E-state index contributed by atoms with van der Waals surface area (Å²) in [5.41, 5.74) is 1.87. The van der Waals surface area contributed by atoms with Crippen molar-refractivity contribution < 1.29 is 28.7 Å². The van der Waals surface area contributed by atoms with Gasteiger partial charge in [-0.1, -0.05) is 42.5 Å². The van der Waals surface area contributed by atoms with Gasteiger partial charge < -0.3 is 19.7 Å². The summed E-state index contributed by atoms with van der Waals surface area (Å²) in [6, 6.07) is 20.7. The first-order valence-corrected chi connectivity index (χ1v) is 11.2. The maximum Gasteiger partial charge on any atom is 0.299 e. The van der Waals surface area contributed by atoms with Crippen molar-refractivity contribution in [3.05, 3.63) is 83.9 Å². The molecule has 3 amide bonds. The molecule has 36 heavy (non-hydrogen) atoms. The van der Waals surface area contributed by atoms with Gasteiger partial charge in [0.25, 0.3) is 11.7 Å². The number of nitrogens with zero attached hydrogens (tertiary/aromatic N) is 2. The van der Waals surface area contributed by atoms with Crippen molar-refractivity contribution in [2.45, 2.75) is 6.54 Å². The monoisotopic (exact) mass is 487 g/mol. The van der Waals surface area contributed by atoms with E-state index in [4.69, 9.17) is 9.47 Å². The lowest BCUT2D eigenvalue weighted by Crippen LogP contribution is -2.45. The van der Waals surface area contributed by atoms with Crippen LogP contribution in [0.1, 0.15) is 15.9 Å². The quantitative estimate of drug-likeness (QED) is 0.466. The lowest BCUT2D eigenvalue weighted by atomic mass is 10.1. The maximum atomic E-state index is 13.4. The second-order valence-electron chi connectivity index (χ2n) is 8.09. The van der Waals surface area contributed by atoms with Crippen molar-refractivity contribution in [2.24, 2.45) is 0 Å². The van der Waals surface area contributed by atoms with Gasteiger partial charge in [-0.25, -0.2) is 0 Å². The van der Waals surface area contributed by atoms with E-state index in [1.54, 1.807) is 42.5 Å². The summed E-state index contributed by atoms with van der Waals surface area (Å²) in [5.74, 6) is -1.38. The second kappa shape index (κ2) is 10.7. The van der Waals surface area contributed by atoms with Crippen molar-refractivity contribution >= 4 is 34.9 Å². The van der Waals surface area contributed by atoms with Crippen LogP contribution >= 0.6 is 0 Å². The molecule has 3 aromatic carbocycles. The highest BCUT2D eigenvalue weighted by atomic mass is 16.5. The molecule has 0 fully saturated rings. The molecule has 3 aromatic rings. The number of carbonyl (C=O) groups excluding carboxylic acids is 4. The molecular weight excluding hydrogens is 462 g/mol. The number of ketones is 1. The molecule has 9 heteroatoms. The minimum absolute atomic E-state index is 0.143. The Labute approximate surface area is 208 Å². The average molecular weight is 488 g/mol. The summed E-state index contributed by atoms with van der Waals surface area (Å²) < 4.78 is 10.5. The van der Waals surface area contributed by atoms with Crippen molar-refractivity contribution in [2.75, 3.05) is 37.5 Å². The molecular formula is C27H25N3O6. The number of nitrogens with one attached hydrogen (secondary N) is 1. The smallest absolute Gasteiger partial charge is 0.299 e. The summed E-state index contributed by atoms with van der Waals surface area (Å²) >= 11 is 0. The van der Waals surface area contributed by atoms with E-state index in [9.17, 15) is 19.2 Å². The zero-order chi connectivity index (χ0) is 25.7. The Balaban J connectivity index is 1.53. The number of ether oxygens (including phenoxy) is 2. The number of rotatable bonds is 9. The molecule has 1 heterocycles. The van der Waals surface area contributed by atoms with E-state index in [2.05, 4.69) is 5.32 Å². The normalized spacial score (nSPS) is 12.2. The van der Waals surface area contributed by atoms with Crippen molar-refractivity contribution in [3.8, 4) is 11.5 Å². The van der Waals surface area contributed by atoms with Crippen molar-refractivity contribution in [1.29, 1.82) is 0 Å². The van der Waals surface area contributed by atoms with E-state index in [-0.39, 0.29) is 25.2 Å². The molecule has 0 bridgehead atoms. The molecule has 9 nitrogen and oxygen atoms in total. The molecule has 0 saturated carbocycles. The molecule has 0 aromatic heterocycles. The van der Waals surface area contributed by atoms with Crippen molar-refractivity contribution in [1.82, 2.24) is 4.90 Å². The molecule has 1 N–H and O–H groups in total. The van der Waals surface area contributed by atoms with Crippen LogP contribution in [0.15, 0.2) is 72.8 Å². The molecule has 184 valence electrons. The summed E-state index contributed by atoms with van der Waals surface area (Å²) in [6.07, 6.45) is 0. The number of para-hydroxylation sites is 1. The van der Waals surface area contributed by atoms with Gasteiger partial charge in [0.2, 0.25) is 11.8 Å². The minimum Gasteiger partial charge on any atom is -0.497 e. The average Bonchev–Trinajstić information content (AvgIpc) is 3.14. The highest BCUT2D eigenvalue weighted by molar-refractivity contribution is 6.52. The zero-order valence-corrected chi connectivity index (χ0v) is 19.9. The number of amides is 3. The number of Topliss-reactive ketones (excluding diaryl/α,β-unsaturated/α-hetero) is 1. The van der Waals surface area contributed by atoms with Gasteiger partial charge in [-0.15, -0.1) is 0 Å². The van der Waals surface area contributed by atoms with Gasteiger partial charge in [-0.05, 0) is 29.8 Å². The predicted octanol–water partition coefficient (Wildman–Crippen LogP) is 2.90. The van der Waals surface area contributed by atoms with E-state index in [1.165, 1.54) is 19.1 Å². The van der Waals surface area contributed by atoms with Gasteiger partial charge in [-0.2, -0.15) is 0 Å². The number of hydrogen-bond acceptors (Lipinski definition) is 6. The number of fused-ring (bicyclic) bond motifs is 1. The van der Waals surface area contributed by atoms with Gasteiger partial charge in [0.15, 0.2) is 0 Å². The van der Waals surface area contributed by atoms with E-state index in [0.29, 0.717) is 22.9 Å². The molecule has 0 aliphatic carbocycles. The highest BCUT2D eigenvalue weighted by Crippen LogP contribution is 2.30. The molecule has 0 saturated heterocycles. The number of methoxy groups -OCH3 is 2. The SMILES string of the molecule is COc1ccc(NC(=O)CN(Cc2ccccc2)C(=O)CN2C(=O)C(=O)c3ccccc32)c(OC)c1. The first-order chi connectivity index (χ1) is 17.4. The Kier molecular flexibility index (Phi) is 7.29. The van der Waals surface area contributed by atoms with Crippen LogP contribution in [-0.2, 0) is 20.9 Å². The van der Waals surface area contributed by atoms with Crippen LogP contribution in [0.4, 0.5) is 11.4 Å². The first-order valence-electron chi connectivity index (χ1n) is 11.2. The zero-order valence-electron chi connectivity index (χ0n) is 19.9. The summed E-state index contributed by atoms with van der Waals surface area (Å²) in [6.45, 7) is -0.501. The number of hydrogen-bond donors (Lipinski definition) is 1. The van der Waals surface area contributed by atoms with E-state index < -0.39 is 23.5 Å². The standard InChI is InChI=1S/C27H25N3O6/c1-35-19-12-13-21(23(14-19)36-2)28-24(31)16-29(15-18-8-4-3-5-9-18)25(32)17-30-22-11-7-6-10-20(22)26(33)27(30)34/h3-14H,15-17H2,1-2H3,(H,28,31). The Bertz CT molecular complexity index is 1310. The fourth-order valence-electron chi connectivity index (χ4n) is 3.94. The molecule has 1 aliphatic rings. The number of carbonyl (C=O) groups is 4. The summed E-state index contributed by atoms with van der Waals surface area (Å²) in [4.78, 5) is 53.7. The molecule has 4 rings (SSSR count). The summed E-state index contributed by atoms with van der Waals surface area (Å²) in [7, 11) is 3.00. The molecule has 0 spiro atoms. The molecule has 0 radical (unpaired) electrons. The van der Waals surface area contributed by atoms with Crippen LogP contribution in [0, 0.1) is 0 Å². The first kappa shape index (κ1) is 24.5. The number of benzene rings is 3. The topological polar surface area (TPSA) is 105 Å². The molecule has 0 atom stereocenters. The lowest BCUT2D eigenvalue weighted by Gasteiger charge is -2.25. The van der Waals surface area contributed by atoms with Gasteiger partial charge in [-0.3, -0.25) is 24.1 Å². The Hall–Kier alpha value is -4.66. The maximum absolute atomic E-state index is 13.4. The van der Waals surface area contributed by atoms with Crippen LogP contribution in [0.5, 0.6) is 11.5 Å².